The zero-order valence-corrected chi connectivity index (χ0v) is 93.6. The topological polar surface area (TPSA) is 232 Å². The average Bonchev–Trinajstić information content (AvgIpc) is 0.841. The van der Waals surface area contributed by atoms with Crippen LogP contribution in [0.15, 0.2) is 294 Å². The fraction of sp³-hybridized carbons (Fsp3) is 0.310. The van der Waals surface area contributed by atoms with Gasteiger partial charge < -0.3 is 52.8 Å². The summed E-state index contributed by atoms with van der Waals surface area (Å²) < 4.78 is 210. The molecule has 5 aliphatic heterocycles. The maximum Gasteiger partial charge on any atom is 0.416 e. The number of rotatable bonds is 11. The lowest BCUT2D eigenvalue weighted by Crippen LogP contribution is -2.24. The Morgan fingerprint density at radius 3 is 0.918 bits per heavy atom. The number of benzene rings is 11. The van der Waals surface area contributed by atoms with Crippen LogP contribution in [0.3, 0.4) is 0 Å². The first-order valence-corrected chi connectivity index (χ1v) is 60.4. The fourth-order valence-corrected chi connectivity index (χ4v) is 14.2. The molecule has 0 radical (unpaired) electrons. The van der Waals surface area contributed by atoms with Crippen LogP contribution >= 0.6 is 84.3 Å². The third kappa shape index (κ3) is 59.0. The minimum Gasteiger partial charge on any atom is -0.508 e. The van der Waals surface area contributed by atoms with Gasteiger partial charge in [-0.2, -0.15) is 43.2 Å². The molecule has 34 heteroatoms. The molecule has 4 saturated heterocycles. The summed E-state index contributed by atoms with van der Waals surface area (Å²) in [6, 6.07) is 71.6. The van der Waals surface area contributed by atoms with Gasteiger partial charge in [0.25, 0.3) is 26.7 Å². The molecular formula is C113H121BrCl2F8I2O17S2Si2. The van der Waals surface area contributed by atoms with E-state index in [1.807, 2.05) is 129 Å². The summed E-state index contributed by atoms with van der Waals surface area (Å²) >= 11 is 17.1. The SMILES string of the molecule is C#C[Si](C)(C)C.C#Cc1ccc(OC2CCCCO2)cc1.C1=COCCC1.C[Si](C)(C)C#Cc1ccc(OC2CCCCO2)cc1.Cc1ccc(S(=O)(=O)O)cc1.Cc1ccc(S(=O)(=O)O)cc1.ClCCl.FC(F)(F)c1ccc(C#Cc2ccc(OC3CCCCO3)cc2)cc1.FC(F)c1ccc(Br)cc1.Ic1ccc(OC2CCCCO2)cc1.Oc1ccc(C#Cc2ccc(C(F)(F)F)cc2)cc1.Oc1ccc(I)cc1. The first-order chi connectivity index (χ1) is 69.7. The first-order valence-electron chi connectivity index (χ1n) is 46.5. The van der Waals surface area contributed by atoms with Gasteiger partial charge in [-0.05, 0) is 360 Å². The molecule has 147 heavy (non-hydrogen) atoms. The maximum absolute atomic E-state index is 12.5. The van der Waals surface area contributed by atoms with Crippen LogP contribution in [-0.4, -0.2) is 116 Å². The molecule has 4 unspecified atom stereocenters. The van der Waals surface area contributed by atoms with E-state index in [0.717, 1.165) is 168 Å². The van der Waals surface area contributed by atoms with E-state index < -0.39 is 66.3 Å². The van der Waals surface area contributed by atoms with E-state index >= 15 is 0 Å². The van der Waals surface area contributed by atoms with Gasteiger partial charge in [-0.1, -0.05) is 138 Å². The summed E-state index contributed by atoms with van der Waals surface area (Å²) in [5.74, 6) is 20.9. The molecule has 0 aliphatic carbocycles. The van der Waals surface area contributed by atoms with Gasteiger partial charge in [-0.3, -0.25) is 9.11 Å². The number of alkyl halides is 10. The molecule has 5 aliphatic rings. The molecule has 0 aromatic heterocycles. The Balaban J connectivity index is 0.000000290. The number of hydrogen-bond donors (Lipinski definition) is 4. The lowest BCUT2D eigenvalue weighted by molar-refractivity contribution is -0.138. The highest BCUT2D eigenvalue weighted by atomic mass is 127. The van der Waals surface area contributed by atoms with Crippen LogP contribution in [0.25, 0.3) is 0 Å². The van der Waals surface area contributed by atoms with Gasteiger partial charge in [0.05, 0.1) is 65.6 Å². The second-order valence-corrected chi connectivity index (χ2v) is 50.9. The Bertz CT molecular complexity index is 6070. The summed E-state index contributed by atoms with van der Waals surface area (Å²) in [4.78, 5) is -0.133. The van der Waals surface area contributed by atoms with Gasteiger partial charge in [0.15, 0.2) is 25.2 Å². The van der Waals surface area contributed by atoms with Gasteiger partial charge in [0.1, 0.15) is 50.6 Å². The second-order valence-electron chi connectivity index (χ2n) is 34.3. The van der Waals surface area contributed by atoms with E-state index in [2.05, 4.69) is 147 Å². The van der Waals surface area contributed by atoms with Crippen molar-refractivity contribution < 1.29 is 114 Å². The quantitative estimate of drug-likeness (QED) is 0.0235. The number of ether oxygens (including phenoxy) is 9. The number of allylic oxidation sites excluding steroid dienone is 1. The Morgan fingerprint density at radius 2 is 0.687 bits per heavy atom. The molecule has 4 N–H and O–H groups in total. The van der Waals surface area contributed by atoms with Crippen LogP contribution < -0.4 is 18.9 Å². The Labute approximate surface area is 907 Å². The predicted octanol–water partition coefficient (Wildman–Crippen LogP) is 30.5. The van der Waals surface area contributed by atoms with E-state index in [1.165, 1.54) is 108 Å². The summed E-state index contributed by atoms with van der Waals surface area (Å²) in [7, 11) is -10.4. The Morgan fingerprint density at radius 1 is 0.408 bits per heavy atom. The molecule has 11 aromatic rings. The van der Waals surface area contributed by atoms with E-state index in [4.69, 9.17) is 98.0 Å². The number of terminal acetylenes is 2. The van der Waals surface area contributed by atoms with Crippen molar-refractivity contribution in [1.82, 2.24) is 0 Å². The highest BCUT2D eigenvalue weighted by molar-refractivity contribution is 14.1. The van der Waals surface area contributed by atoms with Crippen LogP contribution in [0.4, 0.5) is 35.1 Å². The summed E-state index contributed by atoms with van der Waals surface area (Å²) in [6.45, 7) is 20.9. The van der Waals surface area contributed by atoms with Crippen LogP contribution in [0.5, 0.6) is 34.5 Å². The lowest BCUT2D eigenvalue weighted by atomic mass is 10.1. The van der Waals surface area contributed by atoms with Crippen molar-refractivity contribution in [3.05, 3.63) is 352 Å². The number of halogens is 13. The maximum atomic E-state index is 12.5. The lowest BCUT2D eigenvalue weighted by Gasteiger charge is -2.23. The van der Waals surface area contributed by atoms with Crippen molar-refractivity contribution in [2.75, 3.05) is 38.4 Å². The third-order valence-corrected chi connectivity index (χ3v) is 25.0. The van der Waals surface area contributed by atoms with Crippen molar-refractivity contribution in [2.45, 2.75) is 197 Å². The summed E-state index contributed by atoms with van der Waals surface area (Å²) in [6.07, 6.45) is 18.2. The van der Waals surface area contributed by atoms with Crippen LogP contribution in [0.1, 0.15) is 158 Å². The van der Waals surface area contributed by atoms with Crippen LogP contribution in [0.2, 0.25) is 39.3 Å². The van der Waals surface area contributed by atoms with Crippen molar-refractivity contribution >= 4 is 121 Å². The van der Waals surface area contributed by atoms with E-state index in [1.54, 1.807) is 66.9 Å². The summed E-state index contributed by atoms with van der Waals surface area (Å²) in [5, 5.41) is 18.0. The summed E-state index contributed by atoms with van der Waals surface area (Å²) in [5.41, 5.74) is 11.1. The normalized spacial score (nSPS) is 15.3. The van der Waals surface area contributed by atoms with Crippen LogP contribution in [0, 0.1) is 80.4 Å². The average molecular weight is 2430 g/mol. The Hall–Kier alpha value is -10.4. The van der Waals surface area contributed by atoms with E-state index in [0.29, 0.717) is 28.2 Å². The molecule has 0 spiro atoms. The van der Waals surface area contributed by atoms with E-state index in [-0.39, 0.29) is 51.6 Å². The van der Waals surface area contributed by atoms with Gasteiger partial charge in [0.2, 0.25) is 0 Å². The zero-order chi connectivity index (χ0) is 108. The number of aryl methyl sites for hydroxylation is 2. The van der Waals surface area contributed by atoms with Crippen molar-refractivity contribution in [3.63, 3.8) is 0 Å². The molecular weight excluding hydrogens is 2310 g/mol. The minimum absolute atomic E-state index is 0.0381. The van der Waals surface area contributed by atoms with Gasteiger partial charge in [0, 0.05) is 76.2 Å². The fourth-order valence-electron chi connectivity index (χ4n) is 11.7. The van der Waals surface area contributed by atoms with Gasteiger partial charge >= 0.3 is 12.4 Å². The molecule has 0 amide bonds. The first kappa shape index (κ1) is 127. The molecule has 5 heterocycles. The van der Waals surface area contributed by atoms with Crippen molar-refractivity contribution in [2.24, 2.45) is 0 Å². The highest BCUT2D eigenvalue weighted by Gasteiger charge is 2.31. The molecule has 11 aromatic carbocycles. The van der Waals surface area contributed by atoms with Crippen molar-refractivity contribution in [1.29, 1.82) is 0 Å². The van der Waals surface area contributed by atoms with Crippen LogP contribution in [-0.2, 0) is 56.3 Å². The predicted molar refractivity (Wildman–Crippen MR) is 591 cm³/mol. The molecule has 4 atom stereocenters. The number of aromatic hydroxyl groups is 2. The second kappa shape index (κ2) is 68.4. The number of hydrogen-bond acceptors (Lipinski definition) is 15. The zero-order valence-electron chi connectivity index (χ0n) is 82.6. The van der Waals surface area contributed by atoms with Gasteiger partial charge in [-0.25, -0.2) is 8.78 Å². The third-order valence-electron chi connectivity index (χ3n) is 19.6. The Kier molecular flexibility index (Phi) is 59.1. The number of phenolic OH excluding ortho intramolecular Hbond substituents is 2. The molecule has 16 rings (SSSR count). The molecule has 17 nitrogen and oxygen atoms in total. The van der Waals surface area contributed by atoms with E-state index in [9.17, 15) is 52.0 Å². The monoisotopic (exact) mass is 2420 g/mol. The molecule has 786 valence electrons. The standard InChI is InChI=1S/C20H17F3O2.C16H22O2Si.C15H9F3O.C13H14O2.C11H13IO2.C7H5BrF2.2C7H8O3S.C6H5IO.C5H8O.C5H10Si.CH2Cl2/c21-20(22,23)17-10-6-15(7-11-17)4-5-16-8-12-18(13-9-16)25-19-3-1-2-14-24-19;1-19(2,3)13-11-14-7-9-15(10-8-14)18-16-6-4-5-12-17-16;16-15(17,18)13-7-3-11(4-8-13)1-2-12-5-9-14(19)10-6-12;1-2-11-6-8-12(9-7-11)15-13-5-3-4-10-14-13;12-9-4-6-10(7-5-9)14-11-3-1-2-8-13-11;8-6-3-1-5(2-4-6)7(9)10;2*1-6-2-4-7(5-3-6)11(8,9)10;7-5-1-3-6(8)4-2-5;1-2-4-6-5-3-1;1-5-6(2,3)4;2-1-3/h6-13,19H,1-3,14H2;7-10,16H,4-6,12H2,1-3H3;3-10,19H;1,6-9,13H,3-5,10H2;4-7,11H,1-3,8H2;1-4,7H;2*2-5H,1H3,(H,8,9,10);1-4,8H;2,4H,1,3,5H2;1H,2-4H3;1H2. The van der Waals surface area contributed by atoms with Gasteiger partial charge in [-0.15, -0.1) is 47.1 Å². The largest absolute Gasteiger partial charge is 0.508 e. The molecule has 4 fully saturated rings. The molecule has 0 bridgehead atoms. The smallest absolute Gasteiger partial charge is 0.416 e. The number of phenols is 2. The molecule has 0 saturated carbocycles. The minimum atomic E-state index is -4.33. The van der Waals surface area contributed by atoms with Crippen molar-refractivity contribution in [3.8, 4) is 94.0 Å². The highest BCUT2D eigenvalue weighted by Crippen LogP contribution is 2.32.